The third kappa shape index (κ3) is 5.16. The van der Waals surface area contributed by atoms with Crippen molar-refractivity contribution >= 4 is 11.9 Å². The van der Waals surface area contributed by atoms with Gasteiger partial charge in [-0.25, -0.2) is 8.78 Å². The maximum absolute atomic E-state index is 13.7. The number of benzene rings is 1. The van der Waals surface area contributed by atoms with Crippen molar-refractivity contribution in [2.24, 2.45) is 10.9 Å². The van der Waals surface area contributed by atoms with Crippen molar-refractivity contribution in [2.75, 3.05) is 7.05 Å². The molecule has 2 aliphatic carbocycles. The fourth-order valence-corrected chi connectivity index (χ4v) is 3.35. The van der Waals surface area contributed by atoms with Crippen molar-refractivity contribution < 1.29 is 13.6 Å². The number of carbonyl (C=O) groups excluding carboxylic acids is 1. The summed E-state index contributed by atoms with van der Waals surface area (Å²) in [5.41, 5.74) is 0.248. The van der Waals surface area contributed by atoms with Crippen molar-refractivity contribution in [2.45, 2.75) is 57.2 Å². The number of nitrogens with zero attached hydrogens (tertiary/aromatic N) is 1. The Kier molecular flexibility index (Phi) is 6.06. The highest BCUT2D eigenvalue weighted by Gasteiger charge is 2.31. The lowest BCUT2D eigenvalue weighted by atomic mass is 9.85. The van der Waals surface area contributed by atoms with Crippen molar-refractivity contribution in [3.05, 3.63) is 35.4 Å². The molecular formula is C19H26F2N4O. The second kappa shape index (κ2) is 8.47. The normalized spacial score (nSPS) is 23.4. The van der Waals surface area contributed by atoms with E-state index in [9.17, 15) is 13.6 Å². The van der Waals surface area contributed by atoms with Gasteiger partial charge in [0.1, 0.15) is 11.6 Å². The Bertz CT molecular complexity index is 676. The molecule has 0 heterocycles. The summed E-state index contributed by atoms with van der Waals surface area (Å²) in [6.45, 7) is 0.140. The van der Waals surface area contributed by atoms with Crippen molar-refractivity contribution in [3.8, 4) is 0 Å². The summed E-state index contributed by atoms with van der Waals surface area (Å²) < 4.78 is 27.0. The molecule has 26 heavy (non-hydrogen) atoms. The van der Waals surface area contributed by atoms with E-state index in [0.29, 0.717) is 12.0 Å². The average Bonchev–Trinajstić information content (AvgIpc) is 3.45. The SMILES string of the molecule is CN=C(NCc1cc(F)ccc1F)NC1CCCC(C(=O)NC2CC2)C1. The van der Waals surface area contributed by atoms with Gasteiger partial charge in [0.05, 0.1) is 0 Å². The standard InChI is InChI=1S/C19H26F2N4O/c1-22-19(23-11-13-9-14(20)5-8-17(13)21)25-16-4-2-3-12(10-16)18(26)24-15-6-7-15/h5,8-9,12,15-16H,2-4,6-7,10-11H2,1H3,(H,24,26)(H2,22,23,25). The first kappa shape index (κ1) is 18.6. The number of carbonyl (C=O) groups is 1. The minimum Gasteiger partial charge on any atom is -0.354 e. The van der Waals surface area contributed by atoms with Crippen molar-refractivity contribution in [1.29, 1.82) is 0 Å². The molecule has 2 fully saturated rings. The lowest BCUT2D eigenvalue weighted by Crippen LogP contribution is -2.47. The highest BCUT2D eigenvalue weighted by molar-refractivity contribution is 5.81. The molecule has 1 aromatic rings. The molecule has 2 aliphatic rings. The van der Waals surface area contributed by atoms with Crippen LogP contribution >= 0.6 is 0 Å². The smallest absolute Gasteiger partial charge is 0.223 e. The maximum Gasteiger partial charge on any atom is 0.223 e. The van der Waals surface area contributed by atoms with E-state index >= 15 is 0 Å². The van der Waals surface area contributed by atoms with E-state index in [-0.39, 0.29) is 30.0 Å². The molecule has 0 spiro atoms. The van der Waals surface area contributed by atoms with Crippen LogP contribution in [0.4, 0.5) is 8.78 Å². The van der Waals surface area contributed by atoms with Crippen LogP contribution in [0.25, 0.3) is 0 Å². The molecule has 0 aliphatic heterocycles. The van der Waals surface area contributed by atoms with Gasteiger partial charge in [-0.15, -0.1) is 0 Å². The van der Waals surface area contributed by atoms with E-state index in [2.05, 4.69) is 20.9 Å². The number of hydrogen-bond donors (Lipinski definition) is 3. The van der Waals surface area contributed by atoms with Gasteiger partial charge in [-0.05, 0) is 50.3 Å². The summed E-state index contributed by atoms with van der Waals surface area (Å²) in [6, 6.07) is 3.91. The molecule has 0 aromatic heterocycles. The van der Waals surface area contributed by atoms with E-state index < -0.39 is 11.6 Å². The first-order valence-electron chi connectivity index (χ1n) is 9.26. The highest BCUT2D eigenvalue weighted by Crippen LogP contribution is 2.26. The van der Waals surface area contributed by atoms with E-state index in [4.69, 9.17) is 0 Å². The van der Waals surface area contributed by atoms with E-state index in [1.54, 1.807) is 7.05 Å². The Morgan fingerprint density at radius 3 is 2.69 bits per heavy atom. The number of halogens is 2. The molecule has 2 saturated carbocycles. The number of aliphatic imine (C=N–C) groups is 1. The molecular weight excluding hydrogens is 338 g/mol. The van der Waals surface area contributed by atoms with Crippen LogP contribution in [0, 0.1) is 17.6 Å². The molecule has 2 atom stereocenters. The molecule has 3 N–H and O–H groups in total. The largest absolute Gasteiger partial charge is 0.354 e. The summed E-state index contributed by atoms with van der Waals surface area (Å²) in [5.74, 6) is -0.210. The quantitative estimate of drug-likeness (QED) is 0.555. The third-order valence-electron chi connectivity index (χ3n) is 4.99. The molecule has 0 bridgehead atoms. The molecule has 7 heteroatoms. The summed E-state index contributed by atoms with van der Waals surface area (Å²) in [6.07, 6.45) is 5.80. The second-order valence-corrected chi connectivity index (χ2v) is 7.15. The van der Waals surface area contributed by atoms with Gasteiger partial charge in [-0.1, -0.05) is 6.42 Å². The number of hydrogen-bond acceptors (Lipinski definition) is 2. The number of amides is 1. The highest BCUT2D eigenvalue weighted by atomic mass is 19.1. The van der Waals surface area contributed by atoms with Gasteiger partial charge in [0, 0.05) is 37.2 Å². The van der Waals surface area contributed by atoms with E-state index in [1.807, 2.05) is 0 Å². The third-order valence-corrected chi connectivity index (χ3v) is 4.99. The first-order valence-corrected chi connectivity index (χ1v) is 9.26. The zero-order valence-corrected chi connectivity index (χ0v) is 15.0. The fraction of sp³-hybridized carbons (Fsp3) is 0.579. The zero-order valence-electron chi connectivity index (χ0n) is 15.0. The first-order chi connectivity index (χ1) is 12.5. The fourth-order valence-electron chi connectivity index (χ4n) is 3.35. The van der Waals surface area contributed by atoms with Crippen LogP contribution in [0.3, 0.4) is 0 Å². The molecule has 5 nitrogen and oxygen atoms in total. The molecule has 1 amide bonds. The van der Waals surface area contributed by atoms with Gasteiger partial charge in [-0.3, -0.25) is 9.79 Å². The lowest BCUT2D eigenvalue weighted by molar-refractivity contribution is -0.126. The Balaban J connectivity index is 1.50. The number of guanidine groups is 1. The molecule has 2 unspecified atom stereocenters. The molecule has 3 rings (SSSR count). The van der Waals surface area contributed by atoms with Gasteiger partial charge in [0.2, 0.25) is 5.91 Å². The Morgan fingerprint density at radius 2 is 1.96 bits per heavy atom. The summed E-state index contributed by atoms with van der Waals surface area (Å²) in [4.78, 5) is 16.4. The van der Waals surface area contributed by atoms with Crippen LogP contribution in [-0.4, -0.2) is 31.0 Å². The predicted molar refractivity (Wildman–Crippen MR) is 96.6 cm³/mol. The zero-order chi connectivity index (χ0) is 18.5. The van der Waals surface area contributed by atoms with Crippen LogP contribution in [0.15, 0.2) is 23.2 Å². The predicted octanol–water partition coefficient (Wildman–Crippen LogP) is 2.47. The minimum absolute atomic E-state index is 0.0284. The average molecular weight is 364 g/mol. The van der Waals surface area contributed by atoms with Gasteiger partial charge in [0.15, 0.2) is 5.96 Å². The van der Waals surface area contributed by atoms with Crippen molar-refractivity contribution in [3.63, 3.8) is 0 Å². The van der Waals surface area contributed by atoms with Crippen LogP contribution in [0.1, 0.15) is 44.1 Å². The summed E-state index contributed by atoms with van der Waals surface area (Å²) in [5, 5.41) is 9.41. The molecule has 0 saturated heterocycles. The van der Waals surface area contributed by atoms with Gasteiger partial charge >= 0.3 is 0 Å². The molecule has 0 radical (unpaired) electrons. The topological polar surface area (TPSA) is 65.5 Å². The molecule has 1 aromatic carbocycles. The van der Waals surface area contributed by atoms with Crippen LogP contribution in [0.5, 0.6) is 0 Å². The Labute approximate surface area is 152 Å². The lowest BCUT2D eigenvalue weighted by Gasteiger charge is -2.30. The van der Waals surface area contributed by atoms with Gasteiger partial charge < -0.3 is 16.0 Å². The Morgan fingerprint density at radius 1 is 1.15 bits per heavy atom. The van der Waals surface area contributed by atoms with Gasteiger partial charge in [0.25, 0.3) is 0 Å². The summed E-state index contributed by atoms with van der Waals surface area (Å²) >= 11 is 0. The Hall–Kier alpha value is -2.18. The number of nitrogens with one attached hydrogen (secondary N) is 3. The van der Waals surface area contributed by atoms with Crippen LogP contribution < -0.4 is 16.0 Å². The van der Waals surface area contributed by atoms with E-state index in [1.165, 1.54) is 6.07 Å². The second-order valence-electron chi connectivity index (χ2n) is 7.15. The summed E-state index contributed by atoms with van der Waals surface area (Å²) in [7, 11) is 1.64. The number of rotatable bonds is 5. The van der Waals surface area contributed by atoms with Crippen molar-refractivity contribution in [1.82, 2.24) is 16.0 Å². The van der Waals surface area contributed by atoms with Crippen LogP contribution in [0.2, 0.25) is 0 Å². The molecule has 142 valence electrons. The minimum atomic E-state index is -0.469. The van der Waals surface area contributed by atoms with Gasteiger partial charge in [-0.2, -0.15) is 0 Å². The van der Waals surface area contributed by atoms with E-state index in [0.717, 1.165) is 50.7 Å². The monoisotopic (exact) mass is 364 g/mol. The van der Waals surface area contributed by atoms with Crippen LogP contribution in [-0.2, 0) is 11.3 Å². The maximum atomic E-state index is 13.7.